The van der Waals surface area contributed by atoms with Crippen LogP contribution in [-0.2, 0) is 0 Å². The van der Waals surface area contributed by atoms with Gasteiger partial charge >= 0.3 is 6.61 Å². The summed E-state index contributed by atoms with van der Waals surface area (Å²) in [6.07, 6.45) is 6.51. The summed E-state index contributed by atoms with van der Waals surface area (Å²) in [4.78, 5) is 13.0. The Morgan fingerprint density at radius 1 is 1.06 bits per heavy atom. The summed E-state index contributed by atoms with van der Waals surface area (Å²) >= 11 is 0. The topological polar surface area (TPSA) is 127 Å². The summed E-state index contributed by atoms with van der Waals surface area (Å²) in [5, 5.41) is 23.4. The predicted octanol–water partition coefficient (Wildman–Crippen LogP) is 3.40. The van der Waals surface area contributed by atoms with Crippen molar-refractivity contribution in [3.05, 3.63) is 78.4 Å². The molecular formula is C22H18F2N8O2. The number of rotatable bonds is 8. The molecule has 1 atom stereocenters. The fourth-order valence-electron chi connectivity index (χ4n) is 3.54. The molecule has 1 aromatic carbocycles. The smallest absolute Gasteiger partial charge is 0.388 e. The number of H-pyrrole nitrogens is 1. The number of halogens is 2. The number of aliphatic hydroxyl groups excluding tert-OH is 1. The number of aromatic amines is 1. The second kappa shape index (κ2) is 9.19. The van der Waals surface area contributed by atoms with Crippen molar-refractivity contribution in [2.45, 2.75) is 12.5 Å². The SMILES string of the molecule is OC[C@H](c1ccc(-n2ncc3ncc(Nc4cc(OC(F)F)[nH]n4)nc32)cc1)c1cccnc1. The minimum Gasteiger partial charge on any atom is -0.417 e. The number of nitrogens with zero attached hydrogens (tertiary/aromatic N) is 6. The zero-order valence-corrected chi connectivity index (χ0v) is 17.5. The molecule has 10 nitrogen and oxygen atoms in total. The molecule has 0 fully saturated rings. The van der Waals surface area contributed by atoms with Crippen LogP contribution in [0.5, 0.6) is 5.88 Å². The van der Waals surface area contributed by atoms with E-state index in [0.717, 1.165) is 16.8 Å². The Labute approximate surface area is 191 Å². The maximum atomic E-state index is 12.3. The highest BCUT2D eigenvalue weighted by Gasteiger charge is 2.15. The largest absolute Gasteiger partial charge is 0.417 e. The van der Waals surface area contributed by atoms with Crippen molar-refractivity contribution in [1.82, 2.24) is 34.9 Å². The number of pyridine rings is 1. The third-order valence-electron chi connectivity index (χ3n) is 5.11. The summed E-state index contributed by atoms with van der Waals surface area (Å²) in [6.45, 7) is -3.00. The van der Waals surface area contributed by atoms with Crippen LogP contribution in [0.1, 0.15) is 17.0 Å². The van der Waals surface area contributed by atoms with Crippen LogP contribution in [0.3, 0.4) is 0 Å². The van der Waals surface area contributed by atoms with Crippen molar-refractivity contribution < 1.29 is 18.6 Å². The number of hydrogen-bond donors (Lipinski definition) is 3. The first-order chi connectivity index (χ1) is 16.6. The van der Waals surface area contributed by atoms with Crippen molar-refractivity contribution in [2.75, 3.05) is 11.9 Å². The number of nitrogens with one attached hydrogen (secondary N) is 2. The highest BCUT2D eigenvalue weighted by molar-refractivity contribution is 5.74. The number of aliphatic hydroxyl groups is 1. The van der Waals surface area contributed by atoms with Gasteiger partial charge in [-0.05, 0) is 29.3 Å². The lowest BCUT2D eigenvalue weighted by Gasteiger charge is -2.15. The van der Waals surface area contributed by atoms with Crippen LogP contribution < -0.4 is 10.1 Å². The molecule has 3 N–H and O–H groups in total. The van der Waals surface area contributed by atoms with E-state index >= 15 is 0 Å². The summed E-state index contributed by atoms with van der Waals surface area (Å²) in [5.74, 6) is 0.215. The Hall–Kier alpha value is -4.45. The molecule has 0 saturated carbocycles. The first kappa shape index (κ1) is 21.4. The van der Waals surface area contributed by atoms with Gasteiger partial charge in [0.25, 0.3) is 0 Å². The van der Waals surface area contributed by atoms with Gasteiger partial charge < -0.3 is 15.2 Å². The zero-order chi connectivity index (χ0) is 23.5. The van der Waals surface area contributed by atoms with Crippen molar-refractivity contribution in [1.29, 1.82) is 0 Å². The van der Waals surface area contributed by atoms with E-state index in [2.05, 4.69) is 40.3 Å². The van der Waals surface area contributed by atoms with Crippen LogP contribution in [0.25, 0.3) is 16.9 Å². The molecule has 34 heavy (non-hydrogen) atoms. The number of benzene rings is 1. The molecule has 0 amide bonds. The second-order valence-corrected chi connectivity index (χ2v) is 7.25. The van der Waals surface area contributed by atoms with Gasteiger partial charge in [-0.2, -0.15) is 19.0 Å². The summed E-state index contributed by atoms with van der Waals surface area (Å²) < 4.78 is 30.6. The highest BCUT2D eigenvalue weighted by atomic mass is 19.3. The molecule has 0 bridgehead atoms. The first-order valence-electron chi connectivity index (χ1n) is 10.2. The van der Waals surface area contributed by atoms with Crippen LogP contribution in [0.2, 0.25) is 0 Å². The molecule has 4 heterocycles. The lowest BCUT2D eigenvalue weighted by atomic mass is 9.93. The molecule has 0 aliphatic rings. The van der Waals surface area contributed by atoms with Crippen molar-refractivity contribution >= 4 is 22.8 Å². The Bertz CT molecular complexity index is 1390. The Morgan fingerprint density at radius 3 is 2.65 bits per heavy atom. The molecule has 5 aromatic rings. The fraction of sp³-hybridized carbons (Fsp3) is 0.136. The van der Waals surface area contributed by atoms with Gasteiger partial charge in [0.05, 0.1) is 24.7 Å². The monoisotopic (exact) mass is 464 g/mol. The van der Waals surface area contributed by atoms with E-state index in [-0.39, 0.29) is 24.2 Å². The van der Waals surface area contributed by atoms with Crippen molar-refractivity contribution in [2.24, 2.45) is 0 Å². The maximum absolute atomic E-state index is 12.3. The van der Waals surface area contributed by atoms with E-state index in [0.29, 0.717) is 17.0 Å². The van der Waals surface area contributed by atoms with Gasteiger partial charge in [-0.25, -0.2) is 19.7 Å². The average molecular weight is 464 g/mol. The number of aromatic nitrogens is 7. The molecule has 5 rings (SSSR count). The van der Waals surface area contributed by atoms with Crippen LogP contribution in [0, 0.1) is 0 Å². The molecule has 12 heteroatoms. The lowest BCUT2D eigenvalue weighted by Crippen LogP contribution is -2.07. The Morgan fingerprint density at radius 2 is 1.91 bits per heavy atom. The number of ether oxygens (including phenoxy) is 1. The molecular weight excluding hydrogens is 446 g/mol. The average Bonchev–Trinajstić information content (AvgIpc) is 3.47. The van der Waals surface area contributed by atoms with Gasteiger partial charge in [-0.3, -0.25) is 4.98 Å². The summed E-state index contributed by atoms with van der Waals surface area (Å²) in [6, 6.07) is 12.6. The molecule has 172 valence electrons. The number of fused-ring (bicyclic) bond motifs is 1. The summed E-state index contributed by atoms with van der Waals surface area (Å²) in [5.41, 5.74) is 3.67. The minimum absolute atomic E-state index is 0.0481. The van der Waals surface area contributed by atoms with Crippen LogP contribution in [0.4, 0.5) is 20.4 Å². The van der Waals surface area contributed by atoms with Gasteiger partial charge in [0, 0.05) is 24.4 Å². The molecule has 0 spiro atoms. The first-order valence-corrected chi connectivity index (χ1v) is 10.2. The quantitative estimate of drug-likeness (QED) is 0.319. The van der Waals surface area contributed by atoms with Gasteiger partial charge in [0.1, 0.15) is 5.52 Å². The molecule has 0 radical (unpaired) electrons. The molecule has 4 aromatic heterocycles. The summed E-state index contributed by atoms with van der Waals surface area (Å²) in [7, 11) is 0. The van der Waals surface area contributed by atoms with Gasteiger partial charge in [0.2, 0.25) is 5.88 Å². The van der Waals surface area contributed by atoms with E-state index < -0.39 is 6.61 Å². The number of hydrogen-bond acceptors (Lipinski definition) is 8. The van der Waals surface area contributed by atoms with Crippen LogP contribution in [0.15, 0.2) is 67.3 Å². The third-order valence-corrected chi connectivity index (χ3v) is 5.11. The van der Waals surface area contributed by atoms with Crippen LogP contribution >= 0.6 is 0 Å². The van der Waals surface area contributed by atoms with Crippen LogP contribution in [-0.4, -0.2) is 53.3 Å². The van der Waals surface area contributed by atoms with E-state index in [1.54, 1.807) is 23.3 Å². The molecule has 0 aliphatic carbocycles. The standard InChI is InChI=1S/C22H18F2N8O2/c23-22(24)34-20-8-18(30-31-20)28-19-11-26-17-10-27-32(21(17)29-19)15-5-3-13(4-6-15)16(12-33)14-2-1-7-25-9-14/h1-11,16,22,33H,12H2,(H2,28,29,30,31)/t16-/m1/s1. The van der Waals surface area contributed by atoms with Gasteiger partial charge in [-0.15, -0.1) is 0 Å². The second-order valence-electron chi connectivity index (χ2n) is 7.25. The van der Waals surface area contributed by atoms with Crippen molar-refractivity contribution in [3.8, 4) is 11.6 Å². The molecule has 0 unspecified atom stereocenters. The highest BCUT2D eigenvalue weighted by Crippen LogP contribution is 2.26. The van der Waals surface area contributed by atoms with E-state index in [1.807, 2.05) is 36.4 Å². The lowest BCUT2D eigenvalue weighted by molar-refractivity contribution is -0.0528. The predicted molar refractivity (Wildman–Crippen MR) is 118 cm³/mol. The van der Waals surface area contributed by atoms with Gasteiger partial charge in [-0.1, -0.05) is 18.2 Å². The van der Waals surface area contributed by atoms with Gasteiger partial charge in [0.15, 0.2) is 17.3 Å². The van der Waals surface area contributed by atoms with E-state index in [1.165, 1.54) is 12.3 Å². The van der Waals surface area contributed by atoms with Crippen molar-refractivity contribution in [3.63, 3.8) is 0 Å². The Kier molecular flexibility index (Phi) is 5.79. The number of anilines is 2. The fourth-order valence-corrected chi connectivity index (χ4v) is 3.54. The normalized spacial score (nSPS) is 12.2. The molecule has 0 saturated heterocycles. The molecule has 0 aliphatic heterocycles. The minimum atomic E-state index is -2.96. The van der Waals surface area contributed by atoms with E-state index in [4.69, 9.17) is 0 Å². The third kappa shape index (κ3) is 4.38. The number of alkyl halides is 2. The zero-order valence-electron chi connectivity index (χ0n) is 17.5. The van der Waals surface area contributed by atoms with E-state index in [9.17, 15) is 13.9 Å². The Balaban J connectivity index is 1.40. The maximum Gasteiger partial charge on any atom is 0.388 e.